The van der Waals surface area contributed by atoms with E-state index in [-0.39, 0.29) is 5.91 Å². The van der Waals surface area contributed by atoms with E-state index in [1.165, 1.54) is 5.56 Å². The van der Waals surface area contributed by atoms with Crippen molar-refractivity contribution in [3.8, 4) is 0 Å². The van der Waals surface area contributed by atoms with Gasteiger partial charge in [0.15, 0.2) is 5.60 Å². The minimum absolute atomic E-state index is 0.0717. The summed E-state index contributed by atoms with van der Waals surface area (Å²) in [5.74, 6) is -0.984. The molecule has 0 radical (unpaired) electrons. The number of esters is 1. The van der Waals surface area contributed by atoms with Crippen molar-refractivity contribution in [1.82, 2.24) is 0 Å². The molecule has 6 heteroatoms. The topological polar surface area (TPSA) is 75.7 Å². The third-order valence-corrected chi connectivity index (χ3v) is 6.09. The lowest BCUT2D eigenvalue weighted by Crippen LogP contribution is -2.48. The molecule has 0 spiro atoms. The Hall–Kier alpha value is -3.93. The largest absolute Gasteiger partial charge is 0.445 e. The van der Waals surface area contributed by atoms with E-state index in [1.807, 2.05) is 36.4 Å². The van der Waals surface area contributed by atoms with Gasteiger partial charge in [-0.2, -0.15) is 0 Å². The van der Waals surface area contributed by atoms with Gasteiger partial charge in [0.1, 0.15) is 0 Å². The maximum Gasteiger partial charge on any atom is 0.339 e. The standard InChI is InChI=1S/C26H22N2O4/c1-26(16-19-7-2-4-8-21(19)24(30)32-26)25(31)27-20-12-10-18(11-13-20)23(29)28-15-14-17-6-3-5-9-22(17)28/h2-13H,14-16H2,1H3,(H,27,31). The van der Waals surface area contributed by atoms with E-state index < -0.39 is 17.5 Å². The van der Waals surface area contributed by atoms with E-state index in [0.29, 0.717) is 29.8 Å². The first-order chi connectivity index (χ1) is 15.4. The van der Waals surface area contributed by atoms with Crippen molar-refractivity contribution >= 4 is 29.2 Å². The third kappa shape index (κ3) is 3.43. The molecular weight excluding hydrogens is 404 g/mol. The van der Waals surface area contributed by atoms with Crippen LogP contribution in [0.4, 0.5) is 11.4 Å². The van der Waals surface area contributed by atoms with Crippen LogP contribution in [0.15, 0.2) is 72.8 Å². The smallest absolute Gasteiger partial charge is 0.339 e. The Labute approximate surface area is 185 Å². The fraction of sp³-hybridized carbons (Fsp3) is 0.192. The summed E-state index contributed by atoms with van der Waals surface area (Å²) < 4.78 is 5.49. The lowest BCUT2D eigenvalue weighted by Gasteiger charge is -2.33. The molecule has 2 aliphatic rings. The molecule has 2 amide bonds. The van der Waals surface area contributed by atoms with Crippen LogP contribution in [0.25, 0.3) is 0 Å². The molecule has 2 aliphatic heterocycles. The van der Waals surface area contributed by atoms with E-state index in [1.54, 1.807) is 48.2 Å². The van der Waals surface area contributed by atoms with Gasteiger partial charge in [-0.15, -0.1) is 0 Å². The molecule has 0 fully saturated rings. The van der Waals surface area contributed by atoms with Gasteiger partial charge in [-0.3, -0.25) is 9.59 Å². The van der Waals surface area contributed by atoms with Gasteiger partial charge >= 0.3 is 5.97 Å². The summed E-state index contributed by atoms with van der Waals surface area (Å²) in [6.45, 7) is 2.26. The van der Waals surface area contributed by atoms with Crippen LogP contribution < -0.4 is 10.2 Å². The Kier molecular flexibility index (Phi) is 4.78. The van der Waals surface area contributed by atoms with Crippen molar-refractivity contribution in [3.63, 3.8) is 0 Å². The number of fused-ring (bicyclic) bond motifs is 2. The predicted molar refractivity (Wildman–Crippen MR) is 121 cm³/mol. The van der Waals surface area contributed by atoms with Gasteiger partial charge in [0.05, 0.1) is 5.56 Å². The van der Waals surface area contributed by atoms with Crippen LogP contribution in [0.5, 0.6) is 0 Å². The van der Waals surface area contributed by atoms with E-state index in [9.17, 15) is 14.4 Å². The van der Waals surface area contributed by atoms with Crippen molar-refractivity contribution in [2.24, 2.45) is 0 Å². The molecule has 6 nitrogen and oxygen atoms in total. The molecular formula is C26H22N2O4. The number of hydrogen-bond donors (Lipinski definition) is 1. The molecule has 5 rings (SSSR count). The van der Waals surface area contributed by atoms with Crippen LogP contribution in [0.2, 0.25) is 0 Å². The van der Waals surface area contributed by atoms with E-state index >= 15 is 0 Å². The van der Waals surface area contributed by atoms with E-state index in [4.69, 9.17) is 4.74 Å². The Bertz CT molecular complexity index is 1230. The minimum Gasteiger partial charge on any atom is -0.445 e. The maximum atomic E-state index is 13.0. The monoisotopic (exact) mass is 426 g/mol. The van der Waals surface area contributed by atoms with Gasteiger partial charge in [-0.25, -0.2) is 4.79 Å². The maximum absolute atomic E-state index is 13.0. The lowest BCUT2D eigenvalue weighted by atomic mass is 9.89. The normalized spacial score (nSPS) is 19.0. The van der Waals surface area contributed by atoms with Crippen molar-refractivity contribution in [2.45, 2.75) is 25.4 Å². The molecule has 0 aliphatic carbocycles. The number of carbonyl (C=O) groups is 3. The number of cyclic esters (lactones) is 1. The van der Waals surface area contributed by atoms with Crippen molar-refractivity contribution < 1.29 is 19.1 Å². The summed E-state index contributed by atoms with van der Waals surface area (Å²) in [5, 5.41) is 2.81. The molecule has 32 heavy (non-hydrogen) atoms. The second-order valence-electron chi connectivity index (χ2n) is 8.32. The second kappa shape index (κ2) is 7.64. The Morgan fingerprint density at radius 3 is 2.41 bits per heavy atom. The molecule has 0 aromatic heterocycles. The molecule has 3 aromatic rings. The number of nitrogens with zero attached hydrogens (tertiary/aromatic N) is 1. The third-order valence-electron chi connectivity index (χ3n) is 6.09. The summed E-state index contributed by atoms with van der Waals surface area (Å²) in [4.78, 5) is 40.0. The molecule has 1 atom stereocenters. The number of anilines is 2. The van der Waals surface area contributed by atoms with Crippen LogP contribution in [0.3, 0.4) is 0 Å². The molecule has 0 bridgehead atoms. The number of amides is 2. The number of para-hydroxylation sites is 1. The summed E-state index contributed by atoms with van der Waals surface area (Å²) in [6.07, 6.45) is 1.14. The highest BCUT2D eigenvalue weighted by Crippen LogP contribution is 2.31. The zero-order valence-corrected chi connectivity index (χ0v) is 17.6. The summed E-state index contributed by atoms with van der Waals surface area (Å²) in [7, 11) is 0. The number of carbonyl (C=O) groups excluding carboxylic acids is 3. The van der Waals surface area contributed by atoms with Crippen LogP contribution in [-0.4, -0.2) is 29.9 Å². The summed E-state index contributed by atoms with van der Waals surface area (Å²) in [6, 6.07) is 21.8. The summed E-state index contributed by atoms with van der Waals surface area (Å²) >= 11 is 0. The van der Waals surface area contributed by atoms with Crippen molar-refractivity contribution in [3.05, 3.63) is 95.1 Å². The number of hydrogen-bond acceptors (Lipinski definition) is 4. The highest BCUT2D eigenvalue weighted by atomic mass is 16.6. The zero-order valence-electron chi connectivity index (χ0n) is 17.6. The summed E-state index contributed by atoms with van der Waals surface area (Å²) in [5.41, 5.74) is 3.16. The Morgan fingerprint density at radius 1 is 0.938 bits per heavy atom. The fourth-order valence-electron chi connectivity index (χ4n) is 4.32. The van der Waals surface area contributed by atoms with Gasteiger partial charge in [-0.1, -0.05) is 36.4 Å². The fourth-order valence-corrected chi connectivity index (χ4v) is 4.32. The Balaban J connectivity index is 1.30. The average Bonchev–Trinajstić information content (AvgIpc) is 3.23. The van der Waals surface area contributed by atoms with Crippen LogP contribution in [0, 0.1) is 0 Å². The average molecular weight is 426 g/mol. The van der Waals surface area contributed by atoms with Gasteiger partial charge in [0, 0.05) is 29.9 Å². The number of nitrogens with one attached hydrogen (secondary N) is 1. The predicted octanol–water partition coefficient (Wildman–Crippen LogP) is 4.00. The first-order valence-corrected chi connectivity index (χ1v) is 10.6. The van der Waals surface area contributed by atoms with Gasteiger partial charge in [0.2, 0.25) is 0 Å². The SMILES string of the molecule is CC1(C(=O)Nc2ccc(C(=O)N3CCc4ccccc43)cc2)Cc2ccccc2C(=O)O1. The number of benzene rings is 3. The van der Waals surface area contributed by atoms with Gasteiger partial charge < -0.3 is 15.0 Å². The van der Waals surface area contributed by atoms with E-state index in [0.717, 1.165) is 17.7 Å². The quantitative estimate of drug-likeness (QED) is 0.643. The molecule has 2 heterocycles. The van der Waals surface area contributed by atoms with Crippen molar-refractivity contribution in [2.75, 3.05) is 16.8 Å². The molecule has 1 unspecified atom stereocenters. The Morgan fingerprint density at radius 2 is 1.62 bits per heavy atom. The molecule has 0 saturated heterocycles. The lowest BCUT2D eigenvalue weighted by molar-refractivity contribution is -0.134. The molecule has 0 saturated carbocycles. The first kappa shape index (κ1) is 20.0. The molecule has 3 aromatic carbocycles. The number of ether oxygens (including phenoxy) is 1. The van der Waals surface area contributed by atoms with Crippen LogP contribution in [-0.2, 0) is 22.4 Å². The zero-order chi connectivity index (χ0) is 22.3. The van der Waals surface area contributed by atoms with Gasteiger partial charge in [-0.05, 0) is 60.9 Å². The van der Waals surface area contributed by atoms with Gasteiger partial charge in [0.25, 0.3) is 11.8 Å². The highest BCUT2D eigenvalue weighted by Gasteiger charge is 2.42. The van der Waals surface area contributed by atoms with Crippen molar-refractivity contribution in [1.29, 1.82) is 0 Å². The first-order valence-electron chi connectivity index (χ1n) is 10.6. The second-order valence-corrected chi connectivity index (χ2v) is 8.32. The highest BCUT2D eigenvalue weighted by molar-refractivity contribution is 6.08. The van der Waals surface area contributed by atoms with Crippen LogP contribution >= 0.6 is 0 Å². The van der Waals surface area contributed by atoms with Crippen LogP contribution in [0.1, 0.15) is 38.8 Å². The molecule has 1 N–H and O–H groups in total. The van der Waals surface area contributed by atoms with E-state index in [2.05, 4.69) is 5.32 Å². The number of rotatable bonds is 3. The molecule has 160 valence electrons. The minimum atomic E-state index is -1.31.